The van der Waals surface area contributed by atoms with Crippen molar-refractivity contribution < 1.29 is 9.47 Å². The summed E-state index contributed by atoms with van der Waals surface area (Å²) in [6.07, 6.45) is 6.66. The summed E-state index contributed by atoms with van der Waals surface area (Å²) < 4.78 is 14.4. The predicted octanol–water partition coefficient (Wildman–Crippen LogP) is 5.25. The molecule has 0 N–H and O–H groups in total. The van der Waals surface area contributed by atoms with Gasteiger partial charge in [0, 0.05) is 39.3 Å². The maximum atomic E-state index is 6.32. The molecule has 1 aliphatic rings. The first kappa shape index (κ1) is 19.0. The quantitative estimate of drug-likeness (QED) is 0.684. The average Bonchev–Trinajstić information content (AvgIpc) is 3.02. The van der Waals surface area contributed by atoms with Gasteiger partial charge in [0.25, 0.3) is 0 Å². The van der Waals surface area contributed by atoms with Crippen LogP contribution in [0.15, 0.2) is 30.9 Å². The van der Waals surface area contributed by atoms with E-state index in [2.05, 4.69) is 18.8 Å². The molecule has 136 valence electrons. The summed E-state index contributed by atoms with van der Waals surface area (Å²) in [6, 6.07) is 3.41. The standard InChI is InChI=1S/C18H21Cl3N2O2/c1-17(2)10-24-18(25-11-17,9-23-6-5-22-12-23)4-3-14-15(20)7-13(19)8-16(14)21/h5-8,12H,3-4,9-11H2,1-2H3. The van der Waals surface area contributed by atoms with Gasteiger partial charge in [0.05, 0.1) is 26.1 Å². The van der Waals surface area contributed by atoms with Crippen molar-refractivity contribution in [3.8, 4) is 0 Å². The SMILES string of the molecule is CC1(C)COC(CCc2c(Cl)cc(Cl)cc2Cl)(Cn2ccnc2)OC1. The van der Waals surface area contributed by atoms with E-state index in [0.717, 1.165) is 5.56 Å². The monoisotopic (exact) mass is 402 g/mol. The first-order chi connectivity index (χ1) is 11.8. The van der Waals surface area contributed by atoms with Gasteiger partial charge in [0.1, 0.15) is 0 Å². The summed E-state index contributed by atoms with van der Waals surface area (Å²) in [5, 5.41) is 1.65. The van der Waals surface area contributed by atoms with E-state index >= 15 is 0 Å². The number of aromatic nitrogens is 2. The van der Waals surface area contributed by atoms with Crippen LogP contribution in [0.1, 0.15) is 25.8 Å². The molecule has 2 heterocycles. The molecule has 1 aromatic carbocycles. The number of halogens is 3. The second-order valence-electron chi connectivity index (χ2n) is 7.24. The summed E-state index contributed by atoms with van der Waals surface area (Å²) in [5.41, 5.74) is 0.850. The van der Waals surface area contributed by atoms with E-state index in [4.69, 9.17) is 44.3 Å². The smallest absolute Gasteiger partial charge is 0.186 e. The van der Waals surface area contributed by atoms with Crippen molar-refractivity contribution >= 4 is 34.8 Å². The van der Waals surface area contributed by atoms with Crippen LogP contribution in [-0.4, -0.2) is 28.6 Å². The molecule has 0 saturated carbocycles. The molecule has 0 aliphatic carbocycles. The van der Waals surface area contributed by atoms with Crippen LogP contribution in [0.4, 0.5) is 0 Å². The number of hydrogen-bond donors (Lipinski definition) is 0. The van der Waals surface area contributed by atoms with Crippen LogP contribution in [-0.2, 0) is 22.4 Å². The van der Waals surface area contributed by atoms with E-state index in [1.165, 1.54) is 0 Å². The highest BCUT2D eigenvalue weighted by Crippen LogP contribution is 2.36. The first-order valence-corrected chi connectivity index (χ1v) is 9.29. The molecule has 25 heavy (non-hydrogen) atoms. The van der Waals surface area contributed by atoms with Gasteiger partial charge in [-0.05, 0) is 24.1 Å². The molecule has 0 atom stereocenters. The van der Waals surface area contributed by atoms with Crippen molar-refractivity contribution in [3.05, 3.63) is 51.5 Å². The lowest BCUT2D eigenvalue weighted by Crippen LogP contribution is -2.50. The molecule has 7 heteroatoms. The van der Waals surface area contributed by atoms with E-state index in [-0.39, 0.29) is 5.41 Å². The van der Waals surface area contributed by atoms with Crippen LogP contribution in [0.5, 0.6) is 0 Å². The van der Waals surface area contributed by atoms with E-state index in [0.29, 0.717) is 47.7 Å². The van der Waals surface area contributed by atoms with Gasteiger partial charge in [-0.2, -0.15) is 0 Å². The lowest BCUT2D eigenvalue weighted by atomic mass is 9.93. The van der Waals surface area contributed by atoms with Crippen molar-refractivity contribution in [2.45, 2.75) is 39.0 Å². The molecule has 4 nitrogen and oxygen atoms in total. The van der Waals surface area contributed by atoms with E-state index in [1.807, 2.05) is 10.8 Å². The second-order valence-corrected chi connectivity index (χ2v) is 8.49. The summed E-state index contributed by atoms with van der Waals surface area (Å²) >= 11 is 18.6. The molecule has 1 saturated heterocycles. The number of nitrogens with zero attached hydrogens (tertiary/aromatic N) is 2. The van der Waals surface area contributed by atoms with Crippen LogP contribution < -0.4 is 0 Å². The van der Waals surface area contributed by atoms with Crippen LogP contribution >= 0.6 is 34.8 Å². The first-order valence-electron chi connectivity index (χ1n) is 8.16. The van der Waals surface area contributed by atoms with Crippen LogP contribution in [0, 0.1) is 5.41 Å². The van der Waals surface area contributed by atoms with E-state index < -0.39 is 5.79 Å². The van der Waals surface area contributed by atoms with Gasteiger partial charge in [-0.15, -0.1) is 0 Å². The molecule has 3 rings (SSSR count). The predicted molar refractivity (Wildman–Crippen MR) is 100 cm³/mol. The molecule has 1 aliphatic heterocycles. The second kappa shape index (κ2) is 7.45. The summed E-state index contributed by atoms with van der Waals surface area (Å²) in [4.78, 5) is 4.10. The third-order valence-corrected chi connectivity index (χ3v) is 5.19. The minimum atomic E-state index is -0.734. The minimum Gasteiger partial charge on any atom is -0.348 e. The normalized spacial score (nSPS) is 19.1. The number of ether oxygens (including phenoxy) is 2. The van der Waals surface area contributed by atoms with Crippen molar-refractivity contribution in [2.75, 3.05) is 13.2 Å². The third kappa shape index (κ3) is 4.69. The highest BCUT2D eigenvalue weighted by molar-refractivity contribution is 6.39. The maximum Gasteiger partial charge on any atom is 0.186 e. The molecule has 1 fully saturated rings. The third-order valence-electron chi connectivity index (χ3n) is 4.30. The van der Waals surface area contributed by atoms with Gasteiger partial charge in [0.15, 0.2) is 5.79 Å². The summed E-state index contributed by atoms with van der Waals surface area (Å²) in [7, 11) is 0. The maximum absolute atomic E-state index is 6.32. The molecule has 1 aromatic heterocycles. The minimum absolute atomic E-state index is 0.00595. The van der Waals surface area contributed by atoms with Gasteiger partial charge in [-0.25, -0.2) is 4.98 Å². The van der Waals surface area contributed by atoms with Crippen LogP contribution in [0.2, 0.25) is 15.1 Å². The number of rotatable bonds is 5. The zero-order chi connectivity index (χ0) is 18.1. The Hall–Kier alpha value is -0.780. The number of hydrogen-bond acceptors (Lipinski definition) is 3. The lowest BCUT2D eigenvalue weighted by Gasteiger charge is -2.43. The Bertz CT molecular complexity index is 699. The zero-order valence-corrected chi connectivity index (χ0v) is 16.5. The molecule has 0 amide bonds. The fourth-order valence-corrected chi connectivity index (χ4v) is 3.84. The van der Waals surface area contributed by atoms with Crippen LogP contribution in [0.3, 0.4) is 0 Å². The topological polar surface area (TPSA) is 36.3 Å². The molecular weight excluding hydrogens is 383 g/mol. The fraction of sp³-hybridized carbons (Fsp3) is 0.500. The highest BCUT2D eigenvalue weighted by Gasteiger charge is 2.40. The molecule has 0 spiro atoms. The van der Waals surface area contributed by atoms with Gasteiger partial charge < -0.3 is 14.0 Å². The largest absolute Gasteiger partial charge is 0.348 e. The molecule has 0 bridgehead atoms. The van der Waals surface area contributed by atoms with Gasteiger partial charge in [0.2, 0.25) is 0 Å². The van der Waals surface area contributed by atoms with Crippen LogP contribution in [0.25, 0.3) is 0 Å². The van der Waals surface area contributed by atoms with Gasteiger partial charge in [-0.3, -0.25) is 0 Å². The number of benzene rings is 1. The van der Waals surface area contributed by atoms with Crippen molar-refractivity contribution in [3.63, 3.8) is 0 Å². The average molecular weight is 404 g/mol. The molecule has 0 unspecified atom stereocenters. The Kier molecular flexibility index (Phi) is 5.66. The Balaban J connectivity index is 1.79. The van der Waals surface area contributed by atoms with Crippen molar-refractivity contribution in [2.24, 2.45) is 5.41 Å². The Labute approximate surface area is 163 Å². The Morgan fingerprint density at radius 3 is 2.32 bits per heavy atom. The van der Waals surface area contributed by atoms with Crippen molar-refractivity contribution in [1.29, 1.82) is 0 Å². The highest BCUT2D eigenvalue weighted by atomic mass is 35.5. The van der Waals surface area contributed by atoms with Gasteiger partial charge in [-0.1, -0.05) is 48.7 Å². The Morgan fingerprint density at radius 2 is 1.76 bits per heavy atom. The molecule has 0 radical (unpaired) electrons. The van der Waals surface area contributed by atoms with E-state index in [1.54, 1.807) is 24.7 Å². The zero-order valence-electron chi connectivity index (χ0n) is 14.3. The lowest BCUT2D eigenvalue weighted by molar-refractivity contribution is -0.307. The van der Waals surface area contributed by atoms with E-state index in [9.17, 15) is 0 Å². The van der Waals surface area contributed by atoms with Crippen molar-refractivity contribution in [1.82, 2.24) is 9.55 Å². The molecular formula is C18H21Cl3N2O2. The fourth-order valence-electron chi connectivity index (χ4n) is 2.84. The van der Waals surface area contributed by atoms with Gasteiger partial charge >= 0.3 is 0 Å². The number of imidazole rings is 1. The Morgan fingerprint density at radius 1 is 1.12 bits per heavy atom. The summed E-state index contributed by atoms with van der Waals surface area (Å²) in [5.74, 6) is -0.734. The summed E-state index contributed by atoms with van der Waals surface area (Å²) in [6.45, 7) is 6.07. The molecule has 2 aromatic rings.